The largest absolute Gasteiger partial charge is 0.272 e. The quantitative estimate of drug-likeness (QED) is 0.381. The van der Waals surface area contributed by atoms with Crippen molar-refractivity contribution in [1.82, 2.24) is 9.73 Å². The fraction of sp³-hybridized carbons (Fsp3) is 0.231. The number of hydrazone groups is 1. The van der Waals surface area contributed by atoms with E-state index in [0.717, 1.165) is 9.87 Å². The Morgan fingerprint density at radius 2 is 1.59 bits per heavy atom. The lowest BCUT2D eigenvalue weighted by Crippen LogP contribution is -2.39. The molecule has 0 aliphatic heterocycles. The van der Waals surface area contributed by atoms with E-state index >= 15 is 0 Å². The van der Waals surface area contributed by atoms with Crippen LogP contribution in [0.1, 0.15) is 37.5 Å². The molecule has 3 rings (SSSR count). The van der Waals surface area contributed by atoms with Crippen LogP contribution < -0.4 is 5.43 Å². The van der Waals surface area contributed by atoms with E-state index in [-0.39, 0.29) is 16.9 Å². The summed E-state index contributed by atoms with van der Waals surface area (Å²) in [5.74, 6) is -1.02. The number of carbonyl (C=O) groups excluding carboxylic acids is 1. The summed E-state index contributed by atoms with van der Waals surface area (Å²) in [5.41, 5.74) is 4.95. The zero-order valence-corrected chi connectivity index (χ0v) is 20.2. The number of benzene rings is 3. The number of nitrogens with one attached hydrogen (secondary N) is 1. The Labute approximate surface area is 200 Å². The second kappa shape index (κ2) is 10.7. The van der Waals surface area contributed by atoms with Crippen LogP contribution in [0.15, 0.2) is 88.9 Å². The van der Waals surface area contributed by atoms with Crippen molar-refractivity contribution in [1.29, 1.82) is 0 Å². The van der Waals surface area contributed by atoms with E-state index in [4.69, 9.17) is 0 Å². The summed E-state index contributed by atoms with van der Waals surface area (Å²) in [7, 11) is -3.97. The van der Waals surface area contributed by atoms with Crippen LogP contribution in [0.4, 0.5) is 4.39 Å². The highest BCUT2D eigenvalue weighted by molar-refractivity contribution is 7.89. The molecule has 3 aromatic carbocycles. The Hall–Kier alpha value is -3.36. The van der Waals surface area contributed by atoms with Crippen molar-refractivity contribution in [2.45, 2.75) is 37.6 Å². The zero-order chi connectivity index (χ0) is 24.8. The van der Waals surface area contributed by atoms with Gasteiger partial charge in [0, 0.05) is 6.54 Å². The molecule has 6 nitrogen and oxygen atoms in total. The smallest absolute Gasteiger partial charge is 0.255 e. The van der Waals surface area contributed by atoms with Gasteiger partial charge in [-0.2, -0.15) is 9.41 Å². The molecule has 0 unspecified atom stereocenters. The summed E-state index contributed by atoms with van der Waals surface area (Å²) in [6.45, 7) is 5.82. The molecule has 0 radical (unpaired) electrons. The predicted octanol–water partition coefficient (Wildman–Crippen LogP) is 4.46. The normalized spacial score (nSPS) is 12.3. The maximum absolute atomic E-state index is 13.3. The molecule has 0 saturated heterocycles. The lowest BCUT2D eigenvalue weighted by Gasteiger charge is -2.21. The molecule has 34 heavy (non-hydrogen) atoms. The summed E-state index contributed by atoms with van der Waals surface area (Å²) >= 11 is 0. The van der Waals surface area contributed by atoms with Gasteiger partial charge in [0.2, 0.25) is 10.0 Å². The molecule has 3 aromatic rings. The van der Waals surface area contributed by atoms with Crippen molar-refractivity contribution in [2.75, 3.05) is 6.54 Å². The number of halogens is 1. The molecule has 1 N–H and O–H groups in total. The maximum Gasteiger partial charge on any atom is 0.255 e. The number of sulfonamides is 1. The Balaban J connectivity index is 1.73. The molecule has 0 fully saturated rings. The van der Waals surface area contributed by atoms with E-state index in [1.165, 1.54) is 48.2 Å². The number of hydrogen-bond acceptors (Lipinski definition) is 4. The van der Waals surface area contributed by atoms with E-state index in [2.05, 4.69) is 31.3 Å². The van der Waals surface area contributed by atoms with Crippen molar-refractivity contribution in [3.8, 4) is 0 Å². The van der Waals surface area contributed by atoms with Gasteiger partial charge in [-0.3, -0.25) is 4.79 Å². The van der Waals surface area contributed by atoms with Gasteiger partial charge in [-0.05, 0) is 46.4 Å². The minimum absolute atomic E-state index is 0.0299. The van der Waals surface area contributed by atoms with Gasteiger partial charge in [0.1, 0.15) is 5.82 Å². The highest BCUT2D eigenvalue weighted by atomic mass is 32.2. The van der Waals surface area contributed by atoms with Crippen LogP contribution in [0.25, 0.3) is 0 Å². The van der Waals surface area contributed by atoms with Crippen LogP contribution in [0, 0.1) is 5.82 Å². The van der Waals surface area contributed by atoms with Crippen molar-refractivity contribution in [3.63, 3.8) is 0 Å². The number of carbonyl (C=O) groups is 1. The fourth-order valence-corrected chi connectivity index (χ4v) is 4.61. The van der Waals surface area contributed by atoms with Crippen LogP contribution in [-0.4, -0.2) is 31.4 Å². The lowest BCUT2D eigenvalue weighted by molar-refractivity contribution is -0.121. The molecule has 0 saturated carbocycles. The zero-order valence-electron chi connectivity index (χ0n) is 19.4. The van der Waals surface area contributed by atoms with E-state index in [1.54, 1.807) is 18.2 Å². The Morgan fingerprint density at radius 3 is 2.18 bits per heavy atom. The molecule has 178 valence electrons. The van der Waals surface area contributed by atoms with Gasteiger partial charge in [-0.1, -0.05) is 75.4 Å². The average Bonchev–Trinajstić information content (AvgIpc) is 2.80. The third-order valence-electron chi connectivity index (χ3n) is 5.15. The number of rotatable bonds is 8. The minimum atomic E-state index is -3.97. The molecule has 0 bridgehead atoms. The number of hydrogen-bond donors (Lipinski definition) is 1. The van der Waals surface area contributed by atoms with E-state index in [1.807, 2.05) is 24.3 Å². The van der Waals surface area contributed by atoms with Crippen LogP contribution in [0.3, 0.4) is 0 Å². The van der Waals surface area contributed by atoms with Gasteiger partial charge >= 0.3 is 0 Å². The molecule has 0 aromatic heterocycles. The Bertz CT molecular complexity index is 1240. The van der Waals surface area contributed by atoms with Crippen molar-refractivity contribution < 1.29 is 17.6 Å². The Morgan fingerprint density at radius 1 is 0.971 bits per heavy atom. The molecule has 0 atom stereocenters. The van der Waals surface area contributed by atoms with Gasteiger partial charge in [0.05, 0.1) is 17.7 Å². The van der Waals surface area contributed by atoms with Crippen LogP contribution in [-0.2, 0) is 26.8 Å². The first kappa shape index (κ1) is 25.3. The summed E-state index contributed by atoms with van der Waals surface area (Å²) in [6.07, 6.45) is 1.50. The molecule has 1 amide bonds. The maximum atomic E-state index is 13.3. The third-order valence-corrected chi connectivity index (χ3v) is 6.96. The number of amides is 1. The first-order chi connectivity index (χ1) is 16.1. The molecule has 8 heteroatoms. The molecular weight excluding hydrogens is 453 g/mol. The topological polar surface area (TPSA) is 78.8 Å². The first-order valence-electron chi connectivity index (χ1n) is 10.8. The Kier molecular flexibility index (Phi) is 7.96. The highest BCUT2D eigenvalue weighted by Gasteiger charge is 2.26. The number of nitrogens with zero attached hydrogens (tertiary/aromatic N) is 2. The molecule has 0 aliphatic rings. The SMILES string of the molecule is CC(C)(C)c1ccc(/C=N\NC(=O)CN(Cc2ccc(F)cc2)S(=O)(=O)c2ccccc2)cc1. The van der Waals surface area contributed by atoms with Crippen molar-refractivity contribution >= 4 is 22.1 Å². The molecule has 0 spiro atoms. The fourth-order valence-electron chi connectivity index (χ4n) is 3.20. The molecule has 0 heterocycles. The van der Waals surface area contributed by atoms with Gasteiger partial charge in [-0.25, -0.2) is 18.2 Å². The highest BCUT2D eigenvalue weighted by Crippen LogP contribution is 2.22. The first-order valence-corrected chi connectivity index (χ1v) is 12.2. The lowest BCUT2D eigenvalue weighted by atomic mass is 9.87. The van der Waals surface area contributed by atoms with Crippen LogP contribution >= 0.6 is 0 Å². The summed E-state index contributed by atoms with van der Waals surface area (Å²) in [6, 6.07) is 21.1. The van der Waals surface area contributed by atoms with Gasteiger partial charge < -0.3 is 0 Å². The average molecular weight is 482 g/mol. The summed E-state index contributed by atoms with van der Waals surface area (Å²) in [4.78, 5) is 12.6. The van der Waals surface area contributed by atoms with E-state index in [0.29, 0.717) is 5.56 Å². The van der Waals surface area contributed by atoms with Crippen LogP contribution in [0.5, 0.6) is 0 Å². The monoisotopic (exact) mass is 481 g/mol. The van der Waals surface area contributed by atoms with Crippen molar-refractivity contribution in [3.05, 3.63) is 101 Å². The second-order valence-electron chi connectivity index (χ2n) is 8.88. The third kappa shape index (κ3) is 6.82. The van der Waals surface area contributed by atoms with Crippen molar-refractivity contribution in [2.24, 2.45) is 5.10 Å². The standard InChI is InChI=1S/C26H28FN3O3S/c1-26(2,3)22-13-9-20(10-14-22)17-28-29-25(31)19-30(18-21-11-15-23(27)16-12-21)34(32,33)24-7-5-4-6-8-24/h4-17H,18-19H2,1-3H3,(H,29,31)/b28-17-. The molecular formula is C26H28FN3O3S. The van der Waals surface area contributed by atoms with E-state index in [9.17, 15) is 17.6 Å². The van der Waals surface area contributed by atoms with Gasteiger partial charge in [0.25, 0.3) is 5.91 Å². The van der Waals surface area contributed by atoms with E-state index < -0.39 is 28.3 Å². The van der Waals surface area contributed by atoms with Gasteiger partial charge in [-0.15, -0.1) is 0 Å². The molecule has 0 aliphatic carbocycles. The van der Waals surface area contributed by atoms with Crippen LogP contribution in [0.2, 0.25) is 0 Å². The minimum Gasteiger partial charge on any atom is -0.272 e. The second-order valence-corrected chi connectivity index (χ2v) is 10.8. The predicted molar refractivity (Wildman–Crippen MR) is 131 cm³/mol. The van der Waals surface area contributed by atoms with Gasteiger partial charge in [0.15, 0.2) is 0 Å². The summed E-state index contributed by atoms with van der Waals surface area (Å²) < 4.78 is 40.7. The summed E-state index contributed by atoms with van der Waals surface area (Å²) in [5, 5.41) is 3.96.